The van der Waals surface area contributed by atoms with Crippen LogP contribution in [0.2, 0.25) is 0 Å². The molecule has 0 aliphatic carbocycles. The maximum absolute atomic E-state index is 5.61. The first kappa shape index (κ1) is 13.2. The quantitative estimate of drug-likeness (QED) is 0.753. The van der Waals surface area contributed by atoms with Crippen LogP contribution in [-0.4, -0.2) is 49.3 Å². The molecule has 0 amide bonds. The summed E-state index contributed by atoms with van der Waals surface area (Å²) in [5, 5.41) is 0. The van der Waals surface area contributed by atoms with E-state index >= 15 is 0 Å². The van der Waals surface area contributed by atoms with E-state index < -0.39 is 0 Å². The Labute approximate surface area is 109 Å². The fourth-order valence-corrected chi connectivity index (χ4v) is 1.88. The molecule has 5 heteroatoms. The van der Waals surface area contributed by atoms with Crippen LogP contribution in [0.1, 0.15) is 27.7 Å². The van der Waals surface area contributed by atoms with Gasteiger partial charge in [-0.3, -0.25) is 4.90 Å². The highest BCUT2D eigenvalue weighted by molar-refractivity contribution is 5.94. The molecular formula is C13H23N3O2. The summed E-state index contributed by atoms with van der Waals surface area (Å²) in [6, 6.07) is 1.73. The molecule has 2 aliphatic heterocycles. The van der Waals surface area contributed by atoms with Crippen LogP contribution in [-0.2, 0) is 9.47 Å². The molecule has 2 atom stereocenters. The van der Waals surface area contributed by atoms with Crippen molar-refractivity contribution >= 4 is 12.0 Å². The number of amidine groups is 2. The Balaban J connectivity index is 2.03. The Morgan fingerprint density at radius 2 is 1.33 bits per heavy atom. The number of aliphatic imine (C=N–C) groups is 2. The third-order valence-corrected chi connectivity index (χ3v) is 3.43. The van der Waals surface area contributed by atoms with Gasteiger partial charge >= 0.3 is 0 Å². The van der Waals surface area contributed by atoms with Gasteiger partial charge in [0.05, 0.1) is 12.1 Å². The van der Waals surface area contributed by atoms with Crippen LogP contribution in [0.5, 0.6) is 0 Å². The second-order valence-corrected chi connectivity index (χ2v) is 5.63. The lowest BCUT2D eigenvalue weighted by molar-refractivity contribution is 0.242. The van der Waals surface area contributed by atoms with Crippen LogP contribution in [0.15, 0.2) is 9.98 Å². The average molecular weight is 253 g/mol. The predicted octanol–water partition coefficient (Wildman–Crippen LogP) is 1.74. The van der Waals surface area contributed by atoms with Crippen molar-refractivity contribution in [3.05, 3.63) is 0 Å². The van der Waals surface area contributed by atoms with Crippen LogP contribution >= 0.6 is 0 Å². The highest BCUT2D eigenvalue weighted by Crippen LogP contribution is 2.18. The molecule has 0 aromatic rings. The van der Waals surface area contributed by atoms with Crippen LogP contribution < -0.4 is 0 Å². The fourth-order valence-electron chi connectivity index (χ4n) is 1.88. The number of nitrogens with zero attached hydrogens (tertiary/aromatic N) is 3. The molecule has 0 saturated heterocycles. The van der Waals surface area contributed by atoms with Gasteiger partial charge in [0.1, 0.15) is 13.2 Å². The van der Waals surface area contributed by atoms with E-state index in [1.165, 1.54) is 0 Å². The maximum atomic E-state index is 5.61. The van der Waals surface area contributed by atoms with Crippen LogP contribution in [0, 0.1) is 11.8 Å². The zero-order valence-corrected chi connectivity index (χ0v) is 11.9. The van der Waals surface area contributed by atoms with Crippen LogP contribution in [0.4, 0.5) is 0 Å². The number of ether oxygens (including phenoxy) is 2. The van der Waals surface area contributed by atoms with Crippen molar-refractivity contribution in [2.24, 2.45) is 21.8 Å². The Kier molecular flexibility index (Phi) is 3.78. The Morgan fingerprint density at radius 1 is 0.944 bits per heavy atom. The van der Waals surface area contributed by atoms with E-state index in [9.17, 15) is 0 Å². The smallest absolute Gasteiger partial charge is 0.295 e. The van der Waals surface area contributed by atoms with Crippen molar-refractivity contribution in [1.29, 1.82) is 0 Å². The zero-order chi connectivity index (χ0) is 13.3. The third-order valence-electron chi connectivity index (χ3n) is 3.43. The summed E-state index contributed by atoms with van der Waals surface area (Å²) in [5.74, 6) is 0.983. The third kappa shape index (κ3) is 2.60. The summed E-state index contributed by atoms with van der Waals surface area (Å²) in [7, 11) is 1.89. The second kappa shape index (κ2) is 5.16. The molecule has 2 aliphatic rings. The predicted molar refractivity (Wildman–Crippen MR) is 71.8 cm³/mol. The molecule has 2 heterocycles. The molecule has 0 N–H and O–H groups in total. The summed E-state index contributed by atoms with van der Waals surface area (Å²) in [6.07, 6.45) is 0. The van der Waals surface area contributed by atoms with E-state index in [2.05, 4.69) is 37.7 Å². The summed E-state index contributed by atoms with van der Waals surface area (Å²) in [6.45, 7) is 9.91. The highest BCUT2D eigenvalue weighted by atomic mass is 16.5. The van der Waals surface area contributed by atoms with Gasteiger partial charge in [-0.1, -0.05) is 27.7 Å². The van der Waals surface area contributed by atoms with Gasteiger partial charge in [-0.15, -0.1) is 0 Å². The lowest BCUT2D eigenvalue weighted by atomic mass is 10.1. The molecule has 102 valence electrons. The molecule has 0 saturated carbocycles. The first-order chi connectivity index (χ1) is 8.49. The zero-order valence-electron chi connectivity index (χ0n) is 11.9. The van der Waals surface area contributed by atoms with E-state index in [0.717, 1.165) is 0 Å². The molecule has 0 spiro atoms. The largest absolute Gasteiger partial charge is 0.463 e. The molecule has 0 aromatic carbocycles. The first-order valence-electron chi connectivity index (χ1n) is 6.64. The monoisotopic (exact) mass is 253 g/mol. The standard InChI is InChI=1S/C13H23N3O2/c1-8(2)10-6-17-12(14-10)16(5)13-15-11(7-18-13)9(3)4/h8-11H,6-7H2,1-5H3/t10-,11-/m1/s1. The topological polar surface area (TPSA) is 46.4 Å². The van der Waals surface area contributed by atoms with Gasteiger partial charge in [-0.2, -0.15) is 0 Å². The molecular weight excluding hydrogens is 230 g/mol. The average Bonchev–Trinajstić information content (AvgIpc) is 2.97. The van der Waals surface area contributed by atoms with E-state index in [4.69, 9.17) is 9.47 Å². The molecule has 5 nitrogen and oxygen atoms in total. The summed E-state index contributed by atoms with van der Waals surface area (Å²) in [5.41, 5.74) is 0. The van der Waals surface area contributed by atoms with Gasteiger partial charge in [-0.25, -0.2) is 9.98 Å². The van der Waals surface area contributed by atoms with E-state index in [0.29, 0.717) is 37.1 Å². The van der Waals surface area contributed by atoms with Crippen molar-refractivity contribution in [3.8, 4) is 0 Å². The molecule has 0 bridgehead atoms. The molecule has 18 heavy (non-hydrogen) atoms. The van der Waals surface area contributed by atoms with Crippen molar-refractivity contribution in [2.75, 3.05) is 20.3 Å². The van der Waals surface area contributed by atoms with E-state index in [1.807, 2.05) is 11.9 Å². The number of hydrogen-bond donors (Lipinski definition) is 0. The van der Waals surface area contributed by atoms with Gasteiger partial charge in [0, 0.05) is 7.05 Å². The minimum Gasteiger partial charge on any atom is -0.463 e. The van der Waals surface area contributed by atoms with Crippen molar-refractivity contribution in [2.45, 2.75) is 39.8 Å². The van der Waals surface area contributed by atoms with Gasteiger partial charge in [-0.05, 0) is 11.8 Å². The van der Waals surface area contributed by atoms with Crippen molar-refractivity contribution in [1.82, 2.24) is 4.90 Å². The summed E-state index contributed by atoms with van der Waals surface area (Å²) in [4.78, 5) is 10.9. The van der Waals surface area contributed by atoms with Gasteiger partial charge in [0.25, 0.3) is 12.0 Å². The van der Waals surface area contributed by atoms with Gasteiger partial charge in [0.2, 0.25) is 0 Å². The number of rotatable bonds is 2. The van der Waals surface area contributed by atoms with Gasteiger partial charge < -0.3 is 9.47 Å². The van der Waals surface area contributed by atoms with Crippen molar-refractivity contribution in [3.63, 3.8) is 0 Å². The number of hydrogen-bond acceptors (Lipinski definition) is 5. The lowest BCUT2D eigenvalue weighted by Gasteiger charge is -2.15. The van der Waals surface area contributed by atoms with E-state index in [-0.39, 0.29) is 12.1 Å². The molecule has 2 rings (SSSR count). The minimum absolute atomic E-state index is 0.241. The Morgan fingerprint density at radius 3 is 1.61 bits per heavy atom. The van der Waals surface area contributed by atoms with Gasteiger partial charge in [0.15, 0.2) is 0 Å². The fraction of sp³-hybridized carbons (Fsp3) is 0.846. The SMILES string of the molecule is CC(C)[C@H]1COC(N(C)C2=N[C@@H](C(C)C)CO2)=N1. The van der Waals surface area contributed by atoms with Crippen LogP contribution in [0.3, 0.4) is 0 Å². The lowest BCUT2D eigenvalue weighted by Crippen LogP contribution is -2.33. The van der Waals surface area contributed by atoms with E-state index in [1.54, 1.807) is 0 Å². The Bertz CT molecular complexity index is 329. The summed E-state index contributed by atoms with van der Waals surface area (Å²) >= 11 is 0. The molecule has 0 fully saturated rings. The minimum atomic E-state index is 0.241. The van der Waals surface area contributed by atoms with Crippen molar-refractivity contribution < 1.29 is 9.47 Å². The maximum Gasteiger partial charge on any atom is 0.295 e. The molecule has 0 aromatic heterocycles. The second-order valence-electron chi connectivity index (χ2n) is 5.63. The molecule has 0 unspecified atom stereocenters. The normalized spacial score (nSPS) is 27.1. The summed E-state index contributed by atoms with van der Waals surface area (Å²) < 4.78 is 11.2. The Hall–Kier alpha value is -1.26. The molecule has 0 radical (unpaired) electrons. The van der Waals surface area contributed by atoms with Crippen LogP contribution in [0.25, 0.3) is 0 Å². The highest BCUT2D eigenvalue weighted by Gasteiger charge is 2.30. The first-order valence-corrected chi connectivity index (χ1v) is 6.64.